The van der Waals surface area contributed by atoms with E-state index in [0.29, 0.717) is 6.61 Å². The highest BCUT2D eigenvalue weighted by Crippen LogP contribution is 2.23. The second kappa shape index (κ2) is 7.34. The van der Waals surface area contributed by atoms with Crippen molar-refractivity contribution < 1.29 is 27.1 Å². The van der Waals surface area contributed by atoms with Crippen LogP contribution in [0.3, 0.4) is 0 Å². The van der Waals surface area contributed by atoms with E-state index in [4.69, 9.17) is 14.6 Å². The molecule has 1 aromatic carbocycles. The standard InChI is InChI=1S/C12H17FN2O5S/c1-8(6-19-2)15-12(16)7-20-10-4-3-9(13)5-11(10)21(14,17)18/h3-5,8H,6-7H2,1-2H3,(H,15,16)(H2,14,17,18). The van der Waals surface area contributed by atoms with Crippen molar-refractivity contribution in [3.05, 3.63) is 24.0 Å². The molecule has 0 bridgehead atoms. The van der Waals surface area contributed by atoms with Crippen LogP contribution in [0.15, 0.2) is 23.1 Å². The van der Waals surface area contributed by atoms with Crippen LogP contribution in [0.5, 0.6) is 5.75 Å². The molecule has 3 N–H and O–H groups in total. The summed E-state index contributed by atoms with van der Waals surface area (Å²) < 4.78 is 45.7. The van der Waals surface area contributed by atoms with Crippen molar-refractivity contribution in [2.45, 2.75) is 17.9 Å². The quantitative estimate of drug-likeness (QED) is 0.735. The van der Waals surface area contributed by atoms with Crippen LogP contribution < -0.4 is 15.2 Å². The number of halogens is 1. The van der Waals surface area contributed by atoms with Crippen LogP contribution in [0.2, 0.25) is 0 Å². The molecule has 1 amide bonds. The second-order valence-corrected chi connectivity index (χ2v) is 5.88. The molecule has 0 aromatic heterocycles. The molecule has 9 heteroatoms. The third-order valence-electron chi connectivity index (χ3n) is 2.40. The Hall–Kier alpha value is -1.71. The Morgan fingerprint density at radius 2 is 2.14 bits per heavy atom. The maximum absolute atomic E-state index is 13.1. The zero-order valence-corrected chi connectivity index (χ0v) is 12.4. The maximum atomic E-state index is 13.1. The maximum Gasteiger partial charge on any atom is 0.258 e. The van der Waals surface area contributed by atoms with E-state index in [1.54, 1.807) is 6.92 Å². The topological polar surface area (TPSA) is 108 Å². The molecule has 0 saturated heterocycles. The third-order valence-corrected chi connectivity index (χ3v) is 3.33. The van der Waals surface area contributed by atoms with Crippen molar-refractivity contribution in [3.8, 4) is 5.75 Å². The van der Waals surface area contributed by atoms with E-state index in [0.717, 1.165) is 18.2 Å². The first-order valence-corrected chi connectivity index (χ1v) is 7.52. The number of sulfonamides is 1. The number of carbonyl (C=O) groups is 1. The van der Waals surface area contributed by atoms with Crippen molar-refractivity contribution in [3.63, 3.8) is 0 Å². The molecule has 1 atom stereocenters. The lowest BCUT2D eigenvalue weighted by molar-refractivity contribution is -0.124. The molecule has 0 radical (unpaired) electrons. The summed E-state index contributed by atoms with van der Waals surface area (Å²) in [5.74, 6) is -1.43. The fraction of sp³-hybridized carbons (Fsp3) is 0.417. The Morgan fingerprint density at radius 1 is 1.48 bits per heavy atom. The minimum atomic E-state index is -4.15. The Balaban J connectivity index is 2.74. The van der Waals surface area contributed by atoms with Gasteiger partial charge in [0.1, 0.15) is 16.5 Å². The summed E-state index contributed by atoms with van der Waals surface area (Å²) >= 11 is 0. The number of benzene rings is 1. The predicted octanol–water partition coefficient (Wildman–Crippen LogP) is 0.00300. The molecule has 0 aliphatic carbocycles. The van der Waals surface area contributed by atoms with E-state index in [1.807, 2.05) is 0 Å². The van der Waals surface area contributed by atoms with Gasteiger partial charge in [0.25, 0.3) is 5.91 Å². The van der Waals surface area contributed by atoms with Gasteiger partial charge in [-0.05, 0) is 25.1 Å². The molecule has 0 heterocycles. The third kappa shape index (κ3) is 5.66. The molecule has 1 unspecified atom stereocenters. The van der Waals surface area contributed by atoms with Crippen LogP contribution >= 0.6 is 0 Å². The van der Waals surface area contributed by atoms with Gasteiger partial charge in [-0.15, -0.1) is 0 Å². The van der Waals surface area contributed by atoms with Crippen molar-refractivity contribution in [2.24, 2.45) is 5.14 Å². The van der Waals surface area contributed by atoms with Crippen LogP contribution in [-0.4, -0.2) is 40.7 Å². The van der Waals surface area contributed by atoms with E-state index >= 15 is 0 Å². The molecular formula is C12H17FN2O5S. The Morgan fingerprint density at radius 3 is 2.71 bits per heavy atom. The lowest BCUT2D eigenvalue weighted by atomic mass is 10.3. The van der Waals surface area contributed by atoms with Crippen molar-refractivity contribution in [1.82, 2.24) is 5.32 Å². The molecule has 7 nitrogen and oxygen atoms in total. The first-order valence-electron chi connectivity index (χ1n) is 5.97. The second-order valence-electron chi connectivity index (χ2n) is 4.35. The molecule has 0 aliphatic heterocycles. The fourth-order valence-electron chi connectivity index (χ4n) is 1.57. The van der Waals surface area contributed by atoms with E-state index in [1.165, 1.54) is 7.11 Å². The van der Waals surface area contributed by atoms with Gasteiger partial charge in [-0.1, -0.05) is 0 Å². The molecule has 0 aliphatic rings. The highest BCUT2D eigenvalue weighted by atomic mass is 32.2. The molecular weight excluding hydrogens is 303 g/mol. The van der Waals surface area contributed by atoms with Crippen LogP contribution in [-0.2, 0) is 19.6 Å². The van der Waals surface area contributed by atoms with E-state index in [2.05, 4.69) is 5.32 Å². The number of hydrogen-bond acceptors (Lipinski definition) is 5. The lowest BCUT2D eigenvalue weighted by Gasteiger charge is -2.14. The first kappa shape index (κ1) is 17.3. The monoisotopic (exact) mass is 320 g/mol. The van der Waals surface area contributed by atoms with Crippen LogP contribution in [0.1, 0.15) is 6.92 Å². The van der Waals surface area contributed by atoms with Gasteiger partial charge < -0.3 is 14.8 Å². The van der Waals surface area contributed by atoms with Crippen LogP contribution in [0, 0.1) is 5.82 Å². The molecule has 118 valence electrons. The number of hydrogen-bond donors (Lipinski definition) is 2. The van der Waals surface area contributed by atoms with Gasteiger partial charge >= 0.3 is 0 Å². The average Bonchev–Trinajstić information content (AvgIpc) is 2.36. The van der Waals surface area contributed by atoms with Gasteiger partial charge in [-0.3, -0.25) is 4.79 Å². The number of amides is 1. The largest absolute Gasteiger partial charge is 0.482 e. The van der Waals surface area contributed by atoms with Gasteiger partial charge in [0.05, 0.1) is 6.61 Å². The summed E-state index contributed by atoms with van der Waals surface area (Å²) in [6.45, 7) is 1.63. The van der Waals surface area contributed by atoms with Gasteiger partial charge in [-0.25, -0.2) is 17.9 Å². The van der Waals surface area contributed by atoms with Gasteiger partial charge in [0, 0.05) is 13.2 Å². The highest BCUT2D eigenvalue weighted by molar-refractivity contribution is 7.89. The summed E-state index contributed by atoms with van der Waals surface area (Å²) in [6, 6.07) is 2.61. The molecule has 1 rings (SSSR count). The Kier molecular flexibility index (Phi) is 6.06. The Bertz CT molecular complexity index is 606. The van der Waals surface area contributed by atoms with Gasteiger partial charge in [0.2, 0.25) is 10.0 Å². The number of rotatable bonds is 7. The van der Waals surface area contributed by atoms with E-state index in [-0.39, 0.29) is 11.8 Å². The van der Waals surface area contributed by atoms with Crippen LogP contribution in [0.4, 0.5) is 4.39 Å². The van der Waals surface area contributed by atoms with Crippen molar-refractivity contribution in [2.75, 3.05) is 20.3 Å². The zero-order chi connectivity index (χ0) is 16.0. The molecule has 0 saturated carbocycles. The summed E-state index contributed by atoms with van der Waals surface area (Å²) in [7, 11) is -2.66. The summed E-state index contributed by atoms with van der Waals surface area (Å²) in [6.07, 6.45) is 0. The number of methoxy groups -OCH3 is 1. The minimum absolute atomic E-state index is 0.187. The SMILES string of the molecule is COCC(C)NC(=O)COc1ccc(F)cc1S(N)(=O)=O. The summed E-state index contributed by atoms with van der Waals surface area (Å²) in [4.78, 5) is 11.1. The molecule has 1 aromatic rings. The number of carbonyl (C=O) groups excluding carboxylic acids is 1. The lowest BCUT2D eigenvalue weighted by Crippen LogP contribution is -2.38. The van der Waals surface area contributed by atoms with Gasteiger partial charge in [-0.2, -0.15) is 0 Å². The van der Waals surface area contributed by atoms with Crippen molar-refractivity contribution in [1.29, 1.82) is 0 Å². The van der Waals surface area contributed by atoms with E-state index < -0.39 is 33.3 Å². The fourth-order valence-corrected chi connectivity index (χ4v) is 2.26. The molecule has 0 fully saturated rings. The summed E-state index contributed by atoms with van der Waals surface area (Å²) in [5, 5.41) is 7.54. The van der Waals surface area contributed by atoms with Crippen molar-refractivity contribution >= 4 is 15.9 Å². The number of nitrogens with one attached hydrogen (secondary N) is 1. The van der Waals surface area contributed by atoms with Crippen LogP contribution in [0.25, 0.3) is 0 Å². The first-order chi connectivity index (χ1) is 9.74. The normalized spacial score (nSPS) is 12.8. The summed E-state index contributed by atoms with van der Waals surface area (Å²) in [5.41, 5.74) is 0. The number of primary sulfonamides is 1. The zero-order valence-electron chi connectivity index (χ0n) is 11.6. The molecule has 0 spiro atoms. The highest BCUT2D eigenvalue weighted by Gasteiger charge is 2.17. The minimum Gasteiger partial charge on any atom is -0.482 e. The Labute approximate surface area is 122 Å². The predicted molar refractivity (Wildman–Crippen MR) is 72.7 cm³/mol. The molecule has 21 heavy (non-hydrogen) atoms. The average molecular weight is 320 g/mol. The number of ether oxygens (including phenoxy) is 2. The van der Waals surface area contributed by atoms with Gasteiger partial charge in [0.15, 0.2) is 6.61 Å². The number of nitrogens with two attached hydrogens (primary N) is 1. The van der Waals surface area contributed by atoms with E-state index in [9.17, 15) is 17.6 Å². The smallest absolute Gasteiger partial charge is 0.258 e.